The molecule has 4 aromatic carbocycles. The first-order valence-corrected chi connectivity index (χ1v) is 29.5. The molecule has 1 N–H and O–H groups in total. The van der Waals surface area contributed by atoms with Gasteiger partial charge in [0.1, 0.15) is 32.4 Å². The summed E-state index contributed by atoms with van der Waals surface area (Å²) in [6.07, 6.45) is 4.89. The van der Waals surface area contributed by atoms with Gasteiger partial charge < -0.3 is 19.3 Å². The summed E-state index contributed by atoms with van der Waals surface area (Å²) in [5, 5.41) is 22.4. The zero-order chi connectivity index (χ0) is 60.2. The number of benzene rings is 4. The molecule has 0 saturated carbocycles. The first-order valence-electron chi connectivity index (χ1n) is 27.1. The van der Waals surface area contributed by atoms with E-state index in [2.05, 4.69) is 9.97 Å². The van der Waals surface area contributed by atoms with E-state index in [0.717, 1.165) is 115 Å². The summed E-state index contributed by atoms with van der Waals surface area (Å²) in [4.78, 5) is 54.4. The molecule has 12 rings (SSSR count). The van der Waals surface area contributed by atoms with Crippen LogP contribution in [0.3, 0.4) is 0 Å². The Labute approximate surface area is 508 Å². The van der Waals surface area contributed by atoms with Crippen LogP contribution in [0.1, 0.15) is 76.0 Å². The number of halogens is 2. The highest BCUT2D eigenvalue weighted by Crippen LogP contribution is 2.47. The lowest BCUT2D eigenvalue weighted by atomic mass is 9.91. The number of fused-ring (bicyclic) bond motifs is 4. The summed E-state index contributed by atoms with van der Waals surface area (Å²) in [7, 11) is 5.17. The largest absolute Gasteiger partial charge is 0.479 e. The highest BCUT2D eigenvalue weighted by Gasteiger charge is 2.35. The highest BCUT2D eigenvalue weighted by atomic mass is 35.5. The van der Waals surface area contributed by atoms with Crippen molar-refractivity contribution >= 4 is 100 Å². The lowest BCUT2D eigenvalue weighted by Gasteiger charge is -2.28. The van der Waals surface area contributed by atoms with Crippen molar-refractivity contribution < 1.29 is 28.9 Å². The molecule has 0 aliphatic heterocycles. The van der Waals surface area contributed by atoms with Crippen molar-refractivity contribution in [3.05, 3.63) is 166 Å². The molecular weight excluding hydrogens is 1150 g/mol. The SMILES string of the molecule is COC(=O)[C@@H](OC(C)(C)C)c1c(C)cc2nc(-c3ccc4c(n3)c(-c3cccnc3)nn4C)sc2c1-c1ccc(Cl)cc1.Cc1cc2nc(-c3ccc4c(n3)c(-c3cccnc3)nn4C)sc2c(-c2ccc(Cl)cc2)c1[C@H](OC(C)(C)C)C(=O)O. The number of hydrogen-bond donors (Lipinski definition) is 1. The van der Waals surface area contributed by atoms with E-state index in [9.17, 15) is 14.7 Å². The molecule has 0 spiro atoms. The molecule has 0 aliphatic rings. The number of carbonyl (C=O) groups excluding carboxylic acids is 1. The molecule has 430 valence electrons. The van der Waals surface area contributed by atoms with E-state index in [1.165, 1.54) is 29.8 Å². The predicted octanol–water partition coefficient (Wildman–Crippen LogP) is 15.8. The Morgan fingerprint density at radius 2 is 0.976 bits per heavy atom. The molecule has 0 bridgehead atoms. The third-order valence-electron chi connectivity index (χ3n) is 13.9. The molecular formula is C65H58Cl2N10O6S2. The van der Waals surface area contributed by atoms with Gasteiger partial charge in [-0.05, 0) is 163 Å². The number of carboxylic acid groups (broad SMARTS) is 1. The first-order chi connectivity index (χ1) is 40.5. The van der Waals surface area contributed by atoms with Gasteiger partial charge in [-0.1, -0.05) is 47.5 Å². The second-order valence-corrected chi connectivity index (χ2v) is 25.2. The Balaban J connectivity index is 0.000000177. The van der Waals surface area contributed by atoms with E-state index in [1.807, 2.05) is 176 Å². The summed E-state index contributed by atoms with van der Waals surface area (Å²) < 4.78 is 23.1. The number of nitrogens with zero attached hydrogens (tertiary/aromatic N) is 10. The van der Waals surface area contributed by atoms with Crippen LogP contribution in [0.2, 0.25) is 10.0 Å². The van der Waals surface area contributed by atoms with Crippen LogP contribution in [0.5, 0.6) is 0 Å². The van der Waals surface area contributed by atoms with Gasteiger partial charge in [-0.25, -0.2) is 29.5 Å². The standard InChI is InChI=1S/C33H30ClN5O3S.C32H28ClN5O3S/c1-18-16-23-30(26(19-9-11-21(34)12-10-19)25(18)29(32(40)41-6)42-33(2,3)4)43-31(37-23)22-13-14-24-28(36-22)27(38-39(24)5)20-8-7-15-35-17-20;1-17-15-22-29(25(18-8-10-20(33)11-9-18)24(17)28(31(39)40)41-32(2,3)4)42-30(36-22)21-12-13-23-27(35-21)26(37-38(23)5)19-7-6-14-34-16-19/h7-17,29H,1-6H3;6-16,28H,1-5H3,(H,39,40)/t29-;28-/m00/s1. The summed E-state index contributed by atoms with van der Waals surface area (Å²) in [5.74, 6) is -1.53. The summed E-state index contributed by atoms with van der Waals surface area (Å²) in [5.41, 5.74) is 14.6. The minimum absolute atomic E-state index is 0.469. The van der Waals surface area contributed by atoms with Crippen molar-refractivity contribution in [3.63, 3.8) is 0 Å². The fourth-order valence-corrected chi connectivity index (χ4v) is 12.7. The maximum Gasteiger partial charge on any atom is 0.339 e. The van der Waals surface area contributed by atoms with Gasteiger partial charge in [0, 0.05) is 82.3 Å². The van der Waals surface area contributed by atoms with Crippen LogP contribution in [-0.2, 0) is 37.9 Å². The summed E-state index contributed by atoms with van der Waals surface area (Å²) in [6, 6.07) is 34.5. The number of pyridine rings is 4. The van der Waals surface area contributed by atoms with Crippen molar-refractivity contribution in [2.45, 2.75) is 78.8 Å². The average molecular weight is 1210 g/mol. The van der Waals surface area contributed by atoms with Crippen molar-refractivity contribution in [3.8, 4) is 66.2 Å². The van der Waals surface area contributed by atoms with Gasteiger partial charge in [0.15, 0.2) is 12.2 Å². The number of thiazole rings is 2. The molecule has 0 aliphatic carbocycles. The average Bonchev–Trinajstić information content (AvgIpc) is 3.76. The van der Waals surface area contributed by atoms with Crippen LogP contribution < -0.4 is 0 Å². The molecule has 8 heterocycles. The van der Waals surface area contributed by atoms with Crippen molar-refractivity contribution in [1.82, 2.24) is 49.5 Å². The van der Waals surface area contributed by atoms with Gasteiger partial charge in [0.05, 0.1) is 61.2 Å². The van der Waals surface area contributed by atoms with Crippen molar-refractivity contribution in [2.75, 3.05) is 7.11 Å². The molecule has 0 radical (unpaired) electrons. The number of rotatable bonds is 12. The van der Waals surface area contributed by atoms with Crippen molar-refractivity contribution in [1.29, 1.82) is 0 Å². The number of hydrogen-bond acceptors (Lipinski definition) is 15. The molecule has 8 aromatic heterocycles. The Morgan fingerprint density at radius 3 is 1.35 bits per heavy atom. The molecule has 0 amide bonds. The lowest BCUT2D eigenvalue weighted by molar-refractivity contribution is -0.164. The Morgan fingerprint density at radius 1 is 0.565 bits per heavy atom. The van der Waals surface area contributed by atoms with Gasteiger partial charge in [-0.15, -0.1) is 22.7 Å². The molecule has 85 heavy (non-hydrogen) atoms. The second kappa shape index (κ2) is 23.2. The molecule has 20 heteroatoms. The topological polar surface area (TPSA) is 195 Å². The highest BCUT2D eigenvalue weighted by molar-refractivity contribution is 7.22. The number of carboxylic acids is 1. The number of carbonyl (C=O) groups is 2. The molecule has 0 unspecified atom stereocenters. The molecule has 0 fully saturated rings. The third kappa shape index (κ3) is 11.9. The number of aliphatic carboxylic acids is 1. The molecule has 16 nitrogen and oxygen atoms in total. The number of esters is 1. The smallest absolute Gasteiger partial charge is 0.339 e. The third-order valence-corrected chi connectivity index (χ3v) is 16.7. The van der Waals surface area contributed by atoms with E-state index in [4.69, 9.17) is 67.5 Å². The normalized spacial score (nSPS) is 12.7. The fourth-order valence-electron chi connectivity index (χ4n) is 10.3. The fraction of sp³-hybridized carbons (Fsp3) is 0.231. The maximum absolute atomic E-state index is 13.2. The summed E-state index contributed by atoms with van der Waals surface area (Å²) in [6.45, 7) is 15.2. The number of aromatic nitrogens is 10. The first kappa shape index (κ1) is 58.4. The van der Waals surface area contributed by atoms with Crippen LogP contribution in [-0.4, -0.2) is 84.8 Å². The lowest BCUT2D eigenvalue weighted by Crippen LogP contribution is -2.29. The minimum Gasteiger partial charge on any atom is -0.479 e. The molecule has 2 atom stereocenters. The van der Waals surface area contributed by atoms with E-state index < -0.39 is 35.3 Å². The quantitative estimate of drug-likeness (QED) is 0.113. The van der Waals surface area contributed by atoms with Crippen LogP contribution in [0.25, 0.3) is 109 Å². The zero-order valence-corrected chi connectivity index (χ0v) is 51.5. The maximum atomic E-state index is 13.2. The van der Waals surface area contributed by atoms with Gasteiger partial charge >= 0.3 is 11.9 Å². The van der Waals surface area contributed by atoms with E-state index in [1.54, 1.807) is 36.9 Å². The number of ether oxygens (including phenoxy) is 3. The van der Waals surface area contributed by atoms with Crippen LogP contribution in [0.4, 0.5) is 0 Å². The molecule has 12 aromatic rings. The van der Waals surface area contributed by atoms with Crippen LogP contribution in [0, 0.1) is 13.8 Å². The van der Waals surface area contributed by atoms with Crippen LogP contribution >= 0.6 is 45.9 Å². The van der Waals surface area contributed by atoms with Gasteiger partial charge in [-0.2, -0.15) is 10.2 Å². The van der Waals surface area contributed by atoms with Gasteiger partial charge in [0.2, 0.25) is 0 Å². The Hall–Kier alpha value is -8.36. The summed E-state index contributed by atoms with van der Waals surface area (Å²) >= 11 is 15.5. The van der Waals surface area contributed by atoms with Crippen LogP contribution in [0.15, 0.2) is 134 Å². The molecule has 0 saturated heterocycles. The number of methoxy groups -OCH3 is 1. The van der Waals surface area contributed by atoms with Gasteiger partial charge in [0.25, 0.3) is 0 Å². The Bertz CT molecular complexity index is 4520. The Kier molecular flexibility index (Phi) is 16.0. The van der Waals surface area contributed by atoms with E-state index in [-0.39, 0.29) is 0 Å². The van der Waals surface area contributed by atoms with Crippen molar-refractivity contribution in [2.24, 2.45) is 14.1 Å². The van der Waals surface area contributed by atoms with E-state index >= 15 is 0 Å². The monoisotopic (exact) mass is 1210 g/mol. The zero-order valence-electron chi connectivity index (χ0n) is 48.4. The van der Waals surface area contributed by atoms with Gasteiger partial charge in [-0.3, -0.25) is 19.3 Å². The second-order valence-electron chi connectivity index (χ2n) is 22.4. The minimum atomic E-state index is -1.18. The number of aryl methyl sites for hydroxylation is 4. The predicted molar refractivity (Wildman–Crippen MR) is 338 cm³/mol. The van der Waals surface area contributed by atoms with E-state index in [0.29, 0.717) is 26.3 Å².